The Kier molecular flexibility index (Phi) is 22.6. The van der Waals surface area contributed by atoms with E-state index < -0.39 is 18.1 Å². The normalized spacial score (nSPS) is 13.4. The summed E-state index contributed by atoms with van der Waals surface area (Å²) in [5.41, 5.74) is 13.2. The van der Waals surface area contributed by atoms with Crippen LogP contribution in [-0.4, -0.2) is 50.2 Å². The van der Waals surface area contributed by atoms with E-state index in [0.29, 0.717) is 37.0 Å². The van der Waals surface area contributed by atoms with Crippen molar-refractivity contribution in [1.82, 2.24) is 19.5 Å². The third kappa shape index (κ3) is 18.1. The monoisotopic (exact) mass is 673 g/mol. The highest BCUT2D eigenvalue weighted by molar-refractivity contribution is 5.76. The Morgan fingerprint density at radius 3 is 1.88 bits per heavy atom. The molecule has 0 amide bonds. The van der Waals surface area contributed by atoms with E-state index >= 15 is 0 Å². The van der Waals surface area contributed by atoms with Crippen LogP contribution in [0.5, 0.6) is 0 Å². The predicted molar refractivity (Wildman–Crippen MR) is 195 cm³/mol. The lowest BCUT2D eigenvalue weighted by Crippen LogP contribution is -2.40. The summed E-state index contributed by atoms with van der Waals surface area (Å²) in [4.78, 5) is 37.7. The van der Waals surface area contributed by atoms with Crippen LogP contribution in [0.3, 0.4) is 0 Å². The molecule has 3 atom stereocenters. The molecule has 0 aliphatic rings. The number of nitrogen functional groups attached to an aromatic ring is 1. The van der Waals surface area contributed by atoms with Gasteiger partial charge in [-0.1, -0.05) is 143 Å². The van der Waals surface area contributed by atoms with Crippen LogP contribution in [0.15, 0.2) is 12.5 Å². The van der Waals surface area contributed by atoms with Crippen LogP contribution in [0.1, 0.15) is 168 Å². The van der Waals surface area contributed by atoms with Crippen LogP contribution < -0.4 is 11.5 Å². The standard InChI is InChI=1S/C38H68N6O4/c1-4-6-7-8-9-10-11-12-13-14-15-16-17-18-19-20-21-22-23-24-34(45)47-28-26-32(48-37(46)35(39)31(3)5-2)25-27-44-30-42-33-29-41-38(40)43-36(33)44/h29-32,35H,4-28,39H2,1-3H3,(H2,40,41,43)/t31?,32?,35-/m0/s1. The van der Waals surface area contributed by atoms with Crippen molar-refractivity contribution in [2.24, 2.45) is 11.7 Å². The van der Waals surface area contributed by atoms with Crippen molar-refractivity contribution in [1.29, 1.82) is 0 Å². The van der Waals surface area contributed by atoms with Gasteiger partial charge in [0.2, 0.25) is 5.95 Å². The molecule has 2 unspecified atom stereocenters. The van der Waals surface area contributed by atoms with Crippen molar-refractivity contribution < 1.29 is 19.1 Å². The number of carbonyl (C=O) groups is 2. The molecule has 0 aliphatic heterocycles. The Hall–Kier alpha value is -2.75. The lowest BCUT2D eigenvalue weighted by molar-refractivity contribution is -0.154. The van der Waals surface area contributed by atoms with Gasteiger partial charge in [0, 0.05) is 25.8 Å². The molecule has 10 nitrogen and oxygen atoms in total. The molecule has 0 fully saturated rings. The van der Waals surface area contributed by atoms with E-state index in [1.807, 2.05) is 18.4 Å². The minimum atomic E-state index is -0.698. The lowest BCUT2D eigenvalue weighted by atomic mass is 10.0. The molecule has 0 saturated carbocycles. The largest absolute Gasteiger partial charge is 0.466 e. The number of hydrogen-bond acceptors (Lipinski definition) is 9. The fourth-order valence-corrected chi connectivity index (χ4v) is 6.03. The van der Waals surface area contributed by atoms with Crippen LogP contribution in [0.25, 0.3) is 11.2 Å². The molecule has 0 aliphatic carbocycles. The Balaban J connectivity index is 1.54. The zero-order chi connectivity index (χ0) is 34.8. The van der Waals surface area contributed by atoms with E-state index in [0.717, 1.165) is 19.3 Å². The Bertz CT molecular complexity index is 1130. The van der Waals surface area contributed by atoms with Crippen LogP contribution in [0.2, 0.25) is 0 Å². The quantitative estimate of drug-likeness (QED) is 0.0613. The third-order valence-electron chi connectivity index (χ3n) is 9.57. The van der Waals surface area contributed by atoms with Crippen molar-refractivity contribution in [2.75, 3.05) is 12.3 Å². The van der Waals surface area contributed by atoms with Crippen molar-refractivity contribution >= 4 is 29.1 Å². The lowest BCUT2D eigenvalue weighted by Gasteiger charge is -2.23. The molecule has 0 spiro atoms. The maximum Gasteiger partial charge on any atom is 0.323 e. The van der Waals surface area contributed by atoms with Crippen molar-refractivity contribution in [3.05, 3.63) is 12.5 Å². The number of anilines is 1. The average molecular weight is 673 g/mol. The molecule has 2 aromatic heterocycles. The number of imidazole rings is 1. The maximum atomic E-state index is 12.8. The molecular formula is C38H68N6O4. The minimum absolute atomic E-state index is 0.00691. The molecular weight excluding hydrogens is 604 g/mol. The first-order valence-electron chi connectivity index (χ1n) is 19.4. The van der Waals surface area contributed by atoms with Gasteiger partial charge in [0.1, 0.15) is 17.7 Å². The van der Waals surface area contributed by atoms with Gasteiger partial charge in [0.15, 0.2) is 5.65 Å². The molecule has 2 heterocycles. The molecule has 0 saturated heterocycles. The second-order valence-electron chi connectivity index (χ2n) is 13.8. The highest BCUT2D eigenvalue weighted by Gasteiger charge is 2.25. The molecule has 0 radical (unpaired) electrons. The SMILES string of the molecule is CCCCCCCCCCCCCCCCCCCCCC(=O)OCCC(CCn1cnc2cnc(N)nc21)OC(=O)[C@@H](N)C(C)CC. The summed E-state index contributed by atoms with van der Waals surface area (Å²) >= 11 is 0. The summed E-state index contributed by atoms with van der Waals surface area (Å²) in [6, 6.07) is -0.698. The Morgan fingerprint density at radius 2 is 1.33 bits per heavy atom. The van der Waals surface area contributed by atoms with Crippen molar-refractivity contribution in [2.45, 2.75) is 187 Å². The number of ether oxygens (including phenoxy) is 2. The number of fused-ring (bicyclic) bond motifs is 1. The van der Waals surface area contributed by atoms with Crippen LogP contribution >= 0.6 is 0 Å². The Morgan fingerprint density at radius 1 is 0.792 bits per heavy atom. The van der Waals surface area contributed by atoms with E-state index in [4.69, 9.17) is 20.9 Å². The van der Waals surface area contributed by atoms with Gasteiger partial charge in [-0.05, 0) is 12.3 Å². The minimum Gasteiger partial charge on any atom is -0.466 e. The molecule has 0 aromatic carbocycles. The average Bonchev–Trinajstić information content (AvgIpc) is 3.49. The summed E-state index contributed by atoms with van der Waals surface area (Å²) in [6.07, 6.45) is 30.0. The van der Waals surface area contributed by atoms with Gasteiger partial charge in [0.05, 0.1) is 19.1 Å². The molecule has 4 N–H and O–H groups in total. The van der Waals surface area contributed by atoms with Crippen LogP contribution in [-0.2, 0) is 25.6 Å². The second-order valence-corrected chi connectivity index (χ2v) is 13.8. The molecule has 2 aromatic rings. The highest BCUT2D eigenvalue weighted by atomic mass is 16.6. The number of rotatable bonds is 30. The van der Waals surface area contributed by atoms with Gasteiger partial charge in [-0.3, -0.25) is 9.59 Å². The first-order chi connectivity index (χ1) is 23.3. The van der Waals surface area contributed by atoms with E-state index in [1.165, 1.54) is 109 Å². The van der Waals surface area contributed by atoms with Gasteiger partial charge < -0.3 is 25.5 Å². The number of hydrogen-bond donors (Lipinski definition) is 2. The zero-order valence-corrected chi connectivity index (χ0v) is 30.6. The number of unbranched alkanes of at least 4 members (excludes halogenated alkanes) is 18. The summed E-state index contributed by atoms with van der Waals surface area (Å²) in [6.45, 7) is 6.89. The first-order valence-corrected chi connectivity index (χ1v) is 19.4. The maximum absolute atomic E-state index is 12.8. The topological polar surface area (TPSA) is 148 Å². The number of aryl methyl sites for hydroxylation is 1. The van der Waals surface area contributed by atoms with E-state index in [2.05, 4.69) is 21.9 Å². The number of nitrogens with two attached hydrogens (primary N) is 2. The summed E-state index contributed by atoms with van der Waals surface area (Å²) in [7, 11) is 0. The predicted octanol–water partition coefficient (Wildman–Crippen LogP) is 8.84. The van der Waals surface area contributed by atoms with Crippen LogP contribution in [0, 0.1) is 5.92 Å². The molecule has 2 rings (SSSR count). The first kappa shape index (κ1) is 41.4. The van der Waals surface area contributed by atoms with Crippen LogP contribution in [0.4, 0.5) is 5.95 Å². The molecule has 0 bridgehead atoms. The fraction of sp³-hybridized carbons (Fsp3) is 0.816. The number of aromatic nitrogens is 4. The second kappa shape index (κ2) is 26.2. The Labute approximate surface area is 290 Å². The molecule has 48 heavy (non-hydrogen) atoms. The number of carbonyl (C=O) groups excluding carboxylic acids is 2. The fourth-order valence-electron chi connectivity index (χ4n) is 6.03. The van der Waals surface area contributed by atoms with Crippen molar-refractivity contribution in [3.8, 4) is 0 Å². The van der Waals surface area contributed by atoms with Crippen molar-refractivity contribution in [3.63, 3.8) is 0 Å². The van der Waals surface area contributed by atoms with Gasteiger partial charge in [-0.25, -0.2) is 9.97 Å². The number of nitrogens with zero attached hydrogens (tertiary/aromatic N) is 4. The van der Waals surface area contributed by atoms with Gasteiger partial charge in [0.25, 0.3) is 0 Å². The van der Waals surface area contributed by atoms with Gasteiger partial charge in [-0.2, -0.15) is 4.98 Å². The summed E-state index contributed by atoms with van der Waals surface area (Å²) in [5, 5.41) is 0. The van der Waals surface area contributed by atoms with Gasteiger partial charge >= 0.3 is 11.9 Å². The third-order valence-corrected chi connectivity index (χ3v) is 9.57. The number of esters is 2. The summed E-state index contributed by atoms with van der Waals surface area (Å²) < 4.78 is 13.2. The van der Waals surface area contributed by atoms with Gasteiger partial charge in [-0.15, -0.1) is 0 Å². The van der Waals surface area contributed by atoms with E-state index in [-0.39, 0.29) is 24.4 Å². The molecule has 10 heteroatoms. The van der Waals surface area contributed by atoms with E-state index in [1.54, 1.807) is 12.5 Å². The van der Waals surface area contributed by atoms with E-state index in [9.17, 15) is 9.59 Å². The zero-order valence-electron chi connectivity index (χ0n) is 30.6. The summed E-state index contributed by atoms with van der Waals surface area (Å²) in [5.74, 6) is -0.455. The smallest absolute Gasteiger partial charge is 0.323 e. The highest BCUT2D eigenvalue weighted by Crippen LogP contribution is 2.17. The molecule has 274 valence electrons.